The van der Waals surface area contributed by atoms with Gasteiger partial charge in [0.25, 0.3) is 0 Å². The zero-order chi connectivity index (χ0) is 7.72. The first-order valence-electron chi connectivity index (χ1n) is 2.65. The van der Waals surface area contributed by atoms with Crippen molar-refractivity contribution in [3.63, 3.8) is 0 Å². The first-order valence-corrected chi connectivity index (χ1v) is 2.65. The van der Waals surface area contributed by atoms with Crippen molar-refractivity contribution in [2.24, 2.45) is 22.2 Å². The molecule has 0 saturated carbocycles. The van der Waals surface area contributed by atoms with Gasteiger partial charge in [-0.1, -0.05) is 0 Å². The Balaban J connectivity index is 2.86. The van der Waals surface area contributed by atoms with Gasteiger partial charge < -0.3 is 17.2 Å². The zero-order valence-electron chi connectivity index (χ0n) is 5.23. The second-order valence-electron chi connectivity index (χ2n) is 1.91. The minimum absolute atomic E-state index is 0.0540. The molecule has 10 heavy (non-hydrogen) atoms. The Morgan fingerprint density at radius 1 is 1.60 bits per heavy atom. The summed E-state index contributed by atoms with van der Waals surface area (Å²) >= 11 is 0. The molecule has 0 spiro atoms. The minimum atomic E-state index is -0.780. The second kappa shape index (κ2) is 2.16. The van der Waals surface area contributed by atoms with Crippen LogP contribution in [0.15, 0.2) is 16.9 Å². The third-order valence-corrected chi connectivity index (χ3v) is 1.19. The van der Waals surface area contributed by atoms with E-state index in [0.29, 0.717) is 5.06 Å². The van der Waals surface area contributed by atoms with E-state index in [4.69, 9.17) is 22.4 Å². The van der Waals surface area contributed by atoms with Crippen molar-refractivity contribution >= 4 is 5.96 Å². The lowest BCUT2D eigenvalue weighted by Gasteiger charge is -2.25. The van der Waals surface area contributed by atoms with Crippen LogP contribution >= 0.6 is 0 Å². The topological polar surface area (TPSA) is 114 Å². The Morgan fingerprint density at radius 2 is 2.20 bits per heavy atom. The maximum absolute atomic E-state index is 8.95. The molecule has 1 aliphatic rings. The molecule has 0 aromatic heterocycles. The molecule has 1 heterocycles. The van der Waals surface area contributed by atoms with Crippen LogP contribution in [0, 0.1) is 0 Å². The summed E-state index contributed by atoms with van der Waals surface area (Å²) in [5, 5.41) is 9.55. The number of hydroxylamine groups is 2. The molecule has 0 amide bonds. The van der Waals surface area contributed by atoms with Gasteiger partial charge in [0.05, 0.1) is 11.9 Å². The second-order valence-corrected chi connectivity index (χ2v) is 1.91. The van der Waals surface area contributed by atoms with E-state index in [0.717, 1.165) is 0 Å². The lowest BCUT2D eigenvalue weighted by Crippen LogP contribution is -2.51. The van der Waals surface area contributed by atoms with Crippen LogP contribution in [-0.4, -0.2) is 22.4 Å². The highest BCUT2D eigenvalue weighted by atomic mass is 16.5. The highest BCUT2D eigenvalue weighted by molar-refractivity contribution is 5.79. The summed E-state index contributed by atoms with van der Waals surface area (Å²) in [6.07, 6.45) is 0.532. The molecule has 0 saturated heterocycles. The van der Waals surface area contributed by atoms with Gasteiger partial charge in [-0.3, -0.25) is 5.21 Å². The first kappa shape index (κ1) is 6.84. The van der Waals surface area contributed by atoms with Gasteiger partial charge in [0.1, 0.15) is 6.17 Å². The summed E-state index contributed by atoms with van der Waals surface area (Å²) < 4.78 is 0. The number of guanidine groups is 1. The molecule has 7 N–H and O–H groups in total. The van der Waals surface area contributed by atoms with Crippen LogP contribution in [0.1, 0.15) is 0 Å². The third kappa shape index (κ3) is 0.893. The van der Waals surface area contributed by atoms with Crippen LogP contribution in [0.25, 0.3) is 0 Å². The van der Waals surface area contributed by atoms with Gasteiger partial charge in [-0.05, 0) is 0 Å². The molecule has 1 atom stereocenters. The fourth-order valence-electron chi connectivity index (χ4n) is 0.560. The van der Waals surface area contributed by atoms with Crippen molar-refractivity contribution in [1.29, 1.82) is 0 Å². The Kier molecular flexibility index (Phi) is 1.48. The van der Waals surface area contributed by atoms with Crippen molar-refractivity contribution < 1.29 is 5.21 Å². The van der Waals surface area contributed by atoms with E-state index in [2.05, 4.69) is 4.99 Å². The summed E-state index contributed by atoms with van der Waals surface area (Å²) in [5.41, 5.74) is 16.1. The number of hydrogen-bond acceptors (Lipinski definition) is 6. The standard InChI is InChI=1S/C4H9N5O/c5-2-1-8-4(7)9(10)3(2)6/h1,3,10H,5-6H2,(H2,7,8). The molecule has 0 bridgehead atoms. The number of rotatable bonds is 0. The normalized spacial score (nSPS) is 25.8. The molecule has 6 nitrogen and oxygen atoms in total. The van der Waals surface area contributed by atoms with Gasteiger partial charge in [0, 0.05) is 0 Å². The lowest BCUT2D eigenvalue weighted by atomic mass is 10.3. The largest absolute Gasteiger partial charge is 0.398 e. The van der Waals surface area contributed by atoms with Crippen LogP contribution in [0.3, 0.4) is 0 Å². The third-order valence-electron chi connectivity index (χ3n) is 1.19. The van der Waals surface area contributed by atoms with Crippen LogP contribution in [-0.2, 0) is 0 Å². The fraction of sp³-hybridized carbons (Fsp3) is 0.250. The molecule has 0 radical (unpaired) electrons. The Bertz CT molecular complexity index is 176. The van der Waals surface area contributed by atoms with Crippen LogP contribution < -0.4 is 17.2 Å². The lowest BCUT2D eigenvalue weighted by molar-refractivity contribution is -0.0438. The number of hydrogen-bond donors (Lipinski definition) is 4. The van der Waals surface area contributed by atoms with Gasteiger partial charge >= 0.3 is 0 Å². The summed E-state index contributed by atoms with van der Waals surface area (Å²) in [4.78, 5) is 3.55. The van der Waals surface area contributed by atoms with Crippen molar-refractivity contribution in [1.82, 2.24) is 5.06 Å². The summed E-state index contributed by atoms with van der Waals surface area (Å²) in [6, 6.07) is 0. The molecule has 1 unspecified atom stereocenters. The molecule has 56 valence electrons. The highest BCUT2D eigenvalue weighted by Crippen LogP contribution is 2.02. The summed E-state index contributed by atoms with van der Waals surface area (Å²) in [5.74, 6) is -0.0540. The Morgan fingerprint density at radius 3 is 2.70 bits per heavy atom. The quantitative estimate of drug-likeness (QED) is 0.316. The maximum Gasteiger partial charge on any atom is 0.222 e. The van der Waals surface area contributed by atoms with Gasteiger partial charge in [-0.15, -0.1) is 0 Å². The molecule has 1 aliphatic heterocycles. The monoisotopic (exact) mass is 143 g/mol. The smallest absolute Gasteiger partial charge is 0.222 e. The Labute approximate surface area is 57.6 Å². The molecule has 0 aliphatic carbocycles. The number of nitrogens with two attached hydrogens (primary N) is 3. The van der Waals surface area contributed by atoms with Crippen LogP contribution in [0.5, 0.6) is 0 Å². The SMILES string of the molecule is NC1=CN=C(N)N(O)C1N. The van der Waals surface area contributed by atoms with Gasteiger partial charge in [-0.25, -0.2) is 10.1 Å². The predicted octanol–water partition coefficient (Wildman–Crippen LogP) is -1.91. The van der Waals surface area contributed by atoms with E-state index in [9.17, 15) is 0 Å². The van der Waals surface area contributed by atoms with E-state index in [1.807, 2.05) is 0 Å². The van der Waals surface area contributed by atoms with Crippen molar-refractivity contribution in [3.05, 3.63) is 11.9 Å². The minimum Gasteiger partial charge on any atom is -0.398 e. The molecule has 6 heteroatoms. The Hall–Kier alpha value is -1.27. The first-order chi connectivity index (χ1) is 4.63. The highest BCUT2D eigenvalue weighted by Gasteiger charge is 2.19. The van der Waals surface area contributed by atoms with Gasteiger partial charge in [-0.2, -0.15) is 0 Å². The average molecular weight is 143 g/mol. The molecule has 0 fully saturated rings. The van der Waals surface area contributed by atoms with Crippen LogP contribution in [0.4, 0.5) is 0 Å². The van der Waals surface area contributed by atoms with E-state index in [1.165, 1.54) is 6.20 Å². The molecule has 1 rings (SSSR count). The van der Waals surface area contributed by atoms with E-state index in [1.54, 1.807) is 0 Å². The van der Waals surface area contributed by atoms with Crippen molar-refractivity contribution in [3.8, 4) is 0 Å². The summed E-state index contributed by atoms with van der Waals surface area (Å²) in [6.45, 7) is 0. The number of nitrogens with zero attached hydrogens (tertiary/aromatic N) is 2. The van der Waals surface area contributed by atoms with Crippen molar-refractivity contribution in [2.75, 3.05) is 0 Å². The molecule has 0 aromatic rings. The van der Waals surface area contributed by atoms with Crippen LogP contribution in [0.2, 0.25) is 0 Å². The van der Waals surface area contributed by atoms with Crippen molar-refractivity contribution in [2.45, 2.75) is 6.17 Å². The average Bonchev–Trinajstić information content (AvgIpc) is 1.93. The van der Waals surface area contributed by atoms with Gasteiger partial charge in [0.15, 0.2) is 0 Å². The van der Waals surface area contributed by atoms with E-state index < -0.39 is 6.17 Å². The van der Waals surface area contributed by atoms with Gasteiger partial charge in [0.2, 0.25) is 5.96 Å². The molecule has 0 aromatic carbocycles. The molecular formula is C4H9N5O. The zero-order valence-corrected chi connectivity index (χ0v) is 5.23. The van der Waals surface area contributed by atoms with E-state index in [-0.39, 0.29) is 11.7 Å². The maximum atomic E-state index is 8.95. The summed E-state index contributed by atoms with van der Waals surface area (Å²) in [7, 11) is 0. The molecular weight excluding hydrogens is 134 g/mol. The predicted molar refractivity (Wildman–Crippen MR) is 35.5 cm³/mol. The number of aliphatic imine (C=N–C) groups is 1. The fourth-order valence-corrected chi connectivity index (χ4v) is 0.560. The van der Waals surface area contributed by atoms with E-state index >= 15 is 0 Å².